The van der Waals surface area contributed by atoms with Crippen molar-refractivity contribution < 1.29 is 14.2 Å². The van der Waals surface area contributed by atoms with Gasteiger partial charge in [0.2, 0.25) is 6.23 Å². The molecule has 0 radical (unpaired) electrons. The Hall–Kier alpha value is -2.44. The van der Waals surface area contributed by atoms with E-state index in [4.69, 9.17) is 14.2 Å². The van der Waals surface area contributed by atoms with Crippen LogP contribution in [0.15, 0.2) is 46.9 Å². The molecule has 5 aliphatic rings. The molecule has 0 bridgehead atoms. The van der Waals surface area contributed by atoms with Gasteiger partial charge in [-0.3, -0.25) is 0 Å². The van der Waals surface area contributed by atoms with Crippen LogP contribution in [0, 0.1) is 33.5 Å². The molecule has 1 aromatic heterocycles. The molecule has 3 fully saturated rings. The Morgan fingerprint density at radius 1 is 1.19 bits per heavy atom. The number of hydrogen-bond acceptors (Lipinski definition) is 5. The van der Waals surface area contributed by atoms with Crippen LogP contribution in [0.4, 0.5) is 0 Å². The van der Waals surface area contributed by atoms with Crippen LogP contribution in [-0.2, 0) is 32.5 Å². The fourth-order valence-corrected chi connectivity index (χ4v) is 10.9. The second-order valence-corrected chi connectivity index (χ2v) is 17.8. The van der Waals surface area contributed by atoms with Crippen molar-refractivity contribution in [3.8, 4) is 0 Å². The predicted molar refractivity (Wildman–Crippen MR) is 189 cm³/mol. The van der Waals surface area contributed by atoms with Gasteiger partial charge in [-0.05, 0) is 123 Å². The minimum atomic E-state index is -0.830. The van der Waals surface area contributed by atoms with Gasteiger partial charge in [-0.15, -0.1) is 4.91 Å². The zero-order valence-electron chi connectivity index (χ0n) is 30.6. The summed E-state index contributed by atoms with van der Waals surface area (Å²) < 4.78 is 19.9. The minimum Gasteiger partial charge on any atom is -0.489 e. The first-order valence-corrected chi connectivity index (χ1v) is 18.5. The van der Waals surface area contributed by atoms with E-state index in [1.54, 1.807) is 11.6 Å². The molecular formula is C41H58N2O4. The molecule has 2 aromatic rings. The van der Waals surface area contributed by atoms with Crippen LogP contribution < -0.4 is 0 Å². The van der Waals surface area contributed by atoms with Crippen molar-refractivity contribution in [2.24, 2.45) is 33.8 Å². The number of nitroso groups, excluding NO2 is 1. The van der Waals surface area contributed by atoms with Crippen molar-refractivity contribution >= 4 is 10.9 Å². The molecule has 3 heterocycles. The van der Waals surface area contributed by atoms with E-state index in [2.05, 4.69) is 76.0 Å². The summed E-state index contributed by atoms with van der Waals surface area (Å²) >= 11 is 0. The number of H-pyrrole nitrogens is 1. The Balaban J connectivity index is 1.20. The average molecular weight is 643 g/mol. The molecule has 7 rings (SSSR count). The van der Waals surface area contributed by atoms with Gasteiger partial charge in [0.25, 0.3) is 0 Å². The van der Waals surface area contributed by atoms with Crippen LogP contribution >= 0.6 is 0 Å². The molecule has 6 nitrogen and oxygen atoms in total. The topological polar surface area (TPSA) is 76.2 Å². The first-order valence-electron chi connectivity index (χ1n) is 18.5. The number of aromatic amines is 1. The molecule has 2 aliphatic heterocycles. The maximum Gasteiger partial charge on any atom is 0.209 e. The van der Waals surface area contributed by atoms with Crippen molar-refractivity contribution in [2.45, 2.75) is 156 Å². The molecule has 47 heavy (non-hydrogen) atoms. The summed E-state index contributed by atoms with van der Waals surface area (Å²) in [5.41, 5.74) is 6.24. The number of rotatable bonds is 10. The Kier molecular flexibility index (Phi) is 7.77. The Labute approximate surface area is 282 Å². The number of hydrogen-bond donors (Lipinski definition) is 1. The smallest absolute Gasteiger partial charge is 0.209 e. The summed E-state index contributed by atoms with van der Waals surface area (Å²) in [4.78, 5) is 15.7. The van der Waals surface area contributed by atoms with Gasteiger partial charge in [0.15, 0.2) is 5.60 Å². The van der Waals surface area contributed by atoms with E-state index in [0.29, 0.717) is 23.2 Å². The van der Waals surface area contributed by atoms with Crippen LogP contribution in [0.3, 0.4) is 0 Å². The number of nitrogens with zero attached hydrogens (tertiary/aromatic N) is 1. The summed E-state index contributed by atoms with van der Waals surface area (Å²) in [7, 11) is 0. The molecule has 6 heteroatoms. The highest BCUT2D eigenvalue weighted by Crippen LogP contribution is 2.73. The van der Waals surface area contributed by atoms with E-state index in [1.807, 2.05) is 27.7 Å². The van der Waals surface area contributed by atoms with E-state index in [0.717, 1.165) is 43.4 Å². The summed E-state index contributed by atoms with van der Waals surface area (Å²) in [5, 5.41) is 4.74. The van der Waals surface area contributed by atoms with Gasteiger partial charge < -0.3 is 19.2 Å². The molecule has 1 saturated carbocycles. The monoisotopic (exact) mass is 642 g/mol. The van der Waals surface area contributed by atoms with Crippen LogP contribution in [0.2, 0.25) is 0 Å². The molecule has 1 N–H and O–H groups in total. The van der Waals surface area contributed by atoms with Gasteiger partial charge in [0, 0.05) is 34.4 Å². The summed E-state index contributed by atoms with van der Waals surface area (Å²) in [6, 6.07) is 6.97. The van der Waals surface area contributed by atoms with Crippen molar-refractivity contribution in [3.05, 3.63) is 63.4 Å². The molecule has 3 aliphatic carbocycles. The quantitative estimate of drug-likeness (QED) is 0.159. The van der Waals surface area contributed by atoms with Gasteiger partial charge in [-0.25, -0.2) is 0 Å². The van der Waals surface area contributed by atoms with Crippen LogP contribution in [-0.4, -0.2) is 34.6 Å². The molecule has 1 aromatic carbocycles. The zero-order valence-corrected chi connectivity index (χ0v) is 30.6. The van der Waals surface area contributed by atoms with Crippen molar-refractivity contribution in [1.82, 2.24) is 4.98 Å². The highest BCUT2D eigenvalue weighted by atomic mass is 16.7. The number of fused-ring (bicyclic) bond motifs is 7. The highest BCUT2D eigenvalue weighted by molar-refractivity contribution is 5.89. The van der Waals surface area contributed by atoms with E-state index >= 15 is 0 Å². The number of allylic oxidation sites excluding steroid dienone is 2. The van der Waals surface area contributed by atoms with Gasteiger partial charge >= 0.3 is 0 Å². The van der Waals surface area contributed by atoms with Crippen LogP contribution in [0.1, 0.15) is 125 Å². The van der Waals surface area contributed by atoms with Crippen LogP contribution in [0.5, 0.6) is 0 Å². The molecular weight excluding hydrogens is 584 g/mol. The normalized spacial score (nSPS) is 35.3. The van der Waals surface area contributed by atoms with Crippen molar-refractivity contribution in [3.63, 3.8) is 0 Å². The maximum atomic E-state index is 11.6. The van der Waals surface area contributed by atoms with E-state index in [9.17, 15) is 4.91 Å². The third-order valence-corrected chi connectivity index (χ3v) is 14.2. The number of benzene rings is 1. The Bertz CT molecular complexity index is 1630. The molecule has 2 saturated heterocycles. The fourth-order valence-electron chi connectivity index (χ4n) is 10.9. The molecule has 0 amide bonds. The maximum absolute atomic E-state index is 11.6. The number of ether oxygens (including phenoxy) is 3. The molecule has 256 valence electrons. The average Bonchev–Trinajstić information content (AvgIpc) is 3.50. The fraction of sp³-hybridized carbons (Fsp3) is 0.707. The standard InChI is InChI=1S/C41H58N2O4/c1-11-18-37(5,6)25(4)21-26-13-12-14-29-35(26)28-22-27-15-16-30-39(9,40(27,10)36(28)42-29)19-17-31-41(30)33(46-41)23-32(45-31)38(7,8)47-34(43-44)20-24(2)3/h12-14,17,20,25,27,30,32-34,42H,11,15-16,18-19,21-23H2,1-10H3/t25?,27-,30?,32?,33?,34?,39-,40+,41?/m0/s1. The molecule has 9 atom stereocenters. The largest absolute Gasteiger partial charge is 0.489 e. The SMILES string of the molecule is CCCC(C)(C)C(C)Cc1cccc2[nH]c3c(c12)C[C@@H]1CCC2C45OC4CC(C(C)(C)OC(C=C(C)C)N=O)OC5=CC[C@]2(C)[C@@]31C. The molecule has 1 spiro atoms. The zero-order chi connectivity index (χ0) is 33.7. The lowest BCUT2D eigenvalue weighted by molar-refractivity contribution is -0.150. The summed E-state index contributed by atoms with van der Waals surface area (Å²) in [6.07, 6.45) is 12.1. The van der Waals surface area contributed by atoms with Gasteiger partial charge in [0.05, 0.1) is 6.10 Å². The third-order valence-electron chi connectivity index (χ3n) is 14.2. The van der Waals surface area contributed by atoms with Gasteiger partial charge in [0.1, 0.15) is 17.5 Å². The first-order chi connectivity index (χ1) is 22.1. The number of epoxide rings is 1. The third kappa shape index (κ3) is 4.77. The Morgan fingerprint density at radius 2 is 1.96 bits per heavy atom. The van der Waals surface area contributed by atoms with E-state index < -0.39 is 11.8 Å². The summed E-state index contributed by atoms with van der Waals surface area (Å²) in [6.45, 7) is 22.7. The van der Waals surface area contributed by atoms with Crippen molar-refractivity contribution in [2.75, 3.05) is 0 Å². The Morgan fingerprint density at radius 3 is 2.66 bits per heavy atom. The lowest BCUT2D eigenvalue weighted by Gasteiger charge is -2.60. The summed E-state index contributed by atoms with van der Waals surface area (Å²) in [5.74, 6) is 2.61. The molecule has 6 unspecified atom stereocenters. The predicted octanol–water partition coefficient (Wildman–Crippen LogP) is 10.1. The lowest BCUT2D eigenvalue weighted by atomic mass is 9.44. The second-order valence-electron chi connectivity index (χ2n) is 17.8. The van der Waals surface area contributed by atoms with Crippen molar-refractivity contribution in [1.29, 1.82) is 0 Å². The first kappa shape index (κ1) is 33.1. The highest BCUT2D eigenvalue weighted by Gasteiger charge is 2.77. The van der Waals surface area contributed by atoms with E-state index in [1.165, 1.54) is 41.4 Å². The number of nitrogens with one attached hydrogen (secondary N) is 1. The minimum absolute atomic E-state index is 0.0222. The lowest BCUT2D eigenvalue weighted by Crippen LogP contribution is -2.61. The van der Waals surface area contributed by atoms with Gasteiger partial charge in [-0.1, -0.05) is 65.7 Å². The van der Waals surface area contributed by atoms with Crippen LogP contribution in [0.25, 0.3) is 10.9 Å². The number of aromatic nitrogens is 1. The second kappa shape index (κ2) is 11.0. The van der Waals surface area contributed by atoms with E-state index in [-0.39, 0.29) is 28.6 Å². The van der Waals surface area contributed by atoms with Gasteiger partial charge in [-0.2, -0.15) is 0 Å².